The van der Waals surface area contributed by atoms with Crippen molar-refractivity contribution in [2.75, 3.05) is 13.2 Å². The molecule has 2 saturated carbocycles. The first kappa shape index (κ1) is 23.0. The van der Waals surface area contributed by atoms with Crippen molar-refractivity contribution in [3.8, 4) is 0 Å². The van der Waals surface area contributed by atoms with E-state index in [1.54, 1.807) is 0 Å². The van der Waals surface area contributed by atoms with Crippen molar-refractivity contribution in [2.24, 2.45) is 5.92 Å². The Hall–Kier alpha value is -1.70. The molecule has 168 valence electrons. The van der Waals surface area contributed by atoms with E-state index in [4.69, 9.17) is 18.9 Å². The molecule has 0 amide bonds. The lowest BCUT2D eigenvalue weighted by Crippen LogP contribution is -2.31. The molecule has 0 aromatic rings. The minimum atomic E-state index is -0.410. The highest BCUT2D eigenvalue weighted by Crippen LogP contribution is 2.52. The van der Waals surface area contributed by atoms with Crippen LogP contribution in [-0.2, 0) is 28.5 Å². The zero-order valence-electron chi connectivity index (χ0n) is 18.3. The number of aliphatic hydroxyl groups is 1. The Morgan fingerprint density at radius 3 is 1.93 bits per heavy atom. The lowest BCUT2D eigenvalue weighted by atomic mass is 9.77. The minimum Gasteiger partial charge on any atom is -0.463 e. The fraction of sp³-hybridized carbons (Fsp3) is 0.739. The Labute approximate surface area is 178 Å². The van der Waals surface area contributed by atoms with Crippen LogP contribution in [0.25, 0.3) is 0 Å². The van der Waals surface area contributed by atoms with Gasteiger partial charge >= 0.3 is 11.9 Å². The summed E-state index contributed by atoms with van der Waals surface area (Å²) in [6, 6.07) is 0. The maximum absolute atomic E-state index is 10.7. The van der Waals surface area contributed by atoms with Gasteiger partial charge in [0.15, 0.2) is 0 Å². The lowest BCUT2D eigenvalue weighted by molar-refractivity contribution is -0.142. The molecular formula is C23H34O7. The topological polar surface area (TPSA) is 97.9 Å². The predicted octanol–water partition coefficient (Wildman–Crippen LogP) is 2.85. The van der Waals surface area contributed by atoms with Crippen molar-refractivity contribution in [1.82, 2.24) is 0 Å². The van der Waals surface area contributed by atoms with Crippen molar-refractivity contribution in [3.05, 3.63) is 24.3 Å². The molecule has 0 aromatic heterocycles. The van der Waals surface area contributed by atoms with Crippen LogP contribution in [0.2, 0.25) is 0 Å². The van der Waals surface area contributed by atoms with Gasteiger partial charge in [-0.2, -0.15) is 0 Å². The number of esters is 2. The minimum absolute atomic E-state index is 0.0525. The van der Waals surface area contributed by atoms with Gasteiger partial charge in [-0.15, -0.1) is 0 Å². The standard InChI is InChI=1S/C12H18O3.C11H16O4/c1-8-4-5-9(2)12(6-8)11(15-12)7-14-10(3)13;1-7-3-4-9(13)5-11(7)10(15-11)6-14-8(2)12/h8,11H,2,4-7H2,1,3H3;9-10,13H,1,3-6H2,2H3/t8-,11?,12?;/m1./s1. The van der Waals surface area contributed by atoms with Crippen LogP contribution in [0.4, 0.5) is 0 Å². The highest BCUT2D eigenvalue weighted by Gasteiger charge is 2.61. The van der Waals surface area contributed by atoms with Gasteiger partial charge in [-0.3, -0.25) is 9.59 Å². The molecule has 0 radical (unpaired) electrons. The summed E-state index contributed by atoms with van der Waals surface area (Å²) in [5.41, 5.74) is 1.63. The number of carbonyl (C=O) groups is 2. The quantitative estimate of drug-likeness (QED) is 0.423. The second-order valence-corrected chi connectivity index (χ2v) is 9.05. The van der Waals surface area contributed by atoms with Gasteiger partial charge in [0.25, 0.3) is 0 Å². The zero-order valence-corrected chi connectivity index (χ0v) is 18.3. The normalized spacial score (nSPS) is 39.2. The predicted molar refractivity (Wildman–Crippen MR) is 110 cm³/mol. The van der Waals surface area contributed by atoms with E-state index < -0.39 is 5.60 Å². The van der Waals surface area contributed by atoms with E-state index in [0.29, 0.717) is 18.9 Å². The molecule has 2 aliphatic carbocycles. The maximum Gasteiger partial charge on any atom is 0.302 e. The fourth-order valence-electron chi connectivity index (χ4n) is 4.69. The number of ether oxygens (including phenoxy) is 4. The van der Waals surface area contributed by atoms with Crippen molar-refractivity contribution in [1.29, 1.82) is 0 Å². The van der Waals surface area contributed by atoms with E-state index in [2.05, 4.69) is 20.1 Å². The molecule has 4 fully saturated rings. The number of carbonyl (C=O) groups excluding carboxylic acids is 2. The summed E-state index contributed by atoms with van der Waals surface area (Å²) < 4.78 is 21.1. The Morgan fingerprint density at radius 2 is 1.43 bits per heavy atom. The van der Waals surface area contributed by atoms with Crippen molar-refractivity contribution < 1.29 is 33.6 Å². The van der Waals surface area contributed by atoms with Crippen LogP contribution in [0, 0.1) is 5.92 Å². The number of hydrogen-bond acceptors (Lipinski definition) is 7. The first-order chi connectivity index (χ1) is 14.1. The van der Waals surface area contributed by atoms with Gasteiger partial charge in [0.1, 0.15) is 36.6 Å². The average molecular weight is 423 g/mol. The molecule has 5 unspecified atom stereocenters. The molecule has 0 bridgehead atoms. The molecule has 2 aliphatic heterocycles. The first-order valence-electron chi connectivity index (χ1n) is 10.8. The van der Waals surface area contributed by atoms with E-state index in [-0.39, 0.29) is 42.5 Å². The van der Waals surface area contributed by atoms with Crippen molar-refractivity contribution >= 4 is 11.9 Å². The summed E-state index contributed by atoms with van der Waals surface area (Å²) in [7, 11) is 0. The lowest BCUT2D eigenvalue weighted by Gasteiger charge is -2.26. The summed E-state index contributed by atoms with van der Waals surface area (Å²) in [5.74, 6) is 0.135. The largest absolute Gasteiger partial charge is 0.463 e. The Kier molecular flexibility index (Phi) is 6.75. The van der Waals surface area contributed by atoms with Gasteiger partial charge in [-0.25, -0.2) is 0 Å². The van der Waals surface area contributed by atoms with Gasteiger partial charge in [-0.1, -0.05) is 20.1 Å². The Balaban J connectivity index is 0.000000171. The van der Waals surface area contributed by atoms with Crippen LogP contribution in [0.5, 0.6) is 0 Å². The summed E-state index contributed by atoms with van der Waals surface area (Å²) in [6.45, 7) is 13.7. The summed E-state index contributed by atoms with van der Waals surface area (Å²) in [4.78, 5) is 21.3. The summed E-state index contributed by atoms with van der Waals surface area (Å²) in [5, 5.41) is 9.57. The monoisotopic (exact) mass is 422 g/mol. The molecule has 4 aliphatic rings. The van der Waals surface area contributed by atoms with E-state index in [1.165, 1.54) is 25.8 Å². The number of rotatable bonds is 4. The van der Waals surface area contributed by atoms with Crippen molar-refractivity contribution in [3.63, 3.8) is 0 Å². The number of hydrogen-bond donors (Lipinski definition) is 1. The molecular weight excluding hydrogens is 388 g/mol. The molecule has 6 atom stereocenters. The second kappa shape index (κ2) is 8.81. The molecule has 0 aromatic carbocycles. The summed E-state index contributed by atoms with van der Waals surface area (Å²) in [6.07, 6.45) is 5.01. The van der Waals surface area contributed by atoms with Crippen LogP contribution in [0.1, 0.15) is 59.3 Å². The number of aliphatic hydroxyl groups excluding tert-OH is 1. The third kappa shape index (κ3) is 4.95. The van der Waals surface area contributed by atoms with Gasteiger partial charge in [0.2, 0.25) is 0 Å². The molecule has 1 N–H and O–H groups in total. The smallest absolute Gasteiger partial charge is 0.302 e. The Morgan fingerprint density at radius 1 is 0.967 bits per heavy atom. The second-order valence-electron chi connectivity index (χ2n) is 9.05. The fourth-order valence-corrected chi connectivity index (χ4v) is 4.69. The Bertz CT molecular complexity index is 656. The zero-order chi connectivity index (χ0) is 22.1. The molecule has 2 heterocycles. The third-order valence-electron chi connectivity index (χ3n) is 6.61. The van der Waals surface area contributed by atoms with Gasteiger partial charge in [-0.05, 0) is 49.2 Å². The van der Waals surface area contributed by atoms with Crippen LogP contribution in [-0.4, -0.2) is 59.8 Å². The highest BCUT2D eigenvalue weighted by molar-refractivity contribution is 5.66. The summed E-state index contributed by atoms with van der Waals surface area (Å²) >= 11 is 0. The number of epoxide rings is 2. The molecule has 7 nitrogen and oxygen atoms in total. The first-order valence-corrected chi connectivity index (χ1v) is 10.8. The van der Waals surface area contributed by atoms with Crippen LogP contribution < -0.4 is 0 Å². The molecule has 2 spiro atoms. The molecule has 30 heavy (non-hydrogen) atoms. The molecule has 7 heteroatoms. The van der Waals surface area contributed by atoms with E-state index in [9.17, 15) is 14.7 Å². The SMILES string of the molecule is C=C1CCC(O)CC12OC2COC(C)=O.C=C1CC[C@@H](C)CC12OC2COC(C)=O. The third-order valence-corrected chi connectivity index (χ3v) is 6.61. The van der Waals surface area contributed by atoms with Gasteiger partial charge < -0.3 is 24.1 Å². The van der Waals surface area contributed by atoms with Gasteiger partial charge in [0.05, 0.1) is 6.10 Å². The van der Waals surface area contributed by atoms with Crippen molar-refractivity contribution in [2.45, 2.75) is 88.8 Å². The molecule has 2 saturated heterocycles. The molecule has 4 rings (SSSR count). The van der Waals surface area contributed by atoms with E-state index >= 15 is 0 Å². The van der Waals surface area contributed by atoms with E-state index in [1.807, 2.05) is 0 Å². The van der Waals surface area contributed by atoms with Crippen LogP contribution in [0.3, 0.4) is 0 Å². The van der Waals surface area contributed by atoms with Crippen LogP contribution in [0.15, 0.2) is 24.3 Å². The maximum atomic E-state index is 10.7. The average Bonchev–Trinajstić information content (AvgIpc) is 3.55. The van der Waals surface area contributed by atoms with Crippen LogP contribution >= 0.6 is 0 Å². The highest BCUT2D eigenvalue weighted by atomic mass is 16.6. The van der Waals surface area contributed by atoms with Gasteiger partial charge in [0, 0.05) is 20.3 Å². The van der Waals surface area contributed by atoms with E-state index in [0.717, 1.165) is 31.3 Å².